The molecule has 146 valence electrons. The van der Waals surface area contributed by atoms with E-state index >= 15 is 0 Å². The molecular weight excluding hydrogens is 392 g/mol. The fraction of sp³-hybridized carbons (Fsp3) is 0.0435. The molecule has 7 heteroatoms. The standard InChI is InChI=1S/C23H18N6S/c1-3-6-17(15-8-10-30-13-15)20-14(2)26-23(27-20)21-18-11-16(12-25-22(18)29-28-21)19-7-4-5-9-24-19/h3-13H,1H2,2H3,(H,26,27)(H,25,28,29)/b17-6-. The SMILES string of the molecule is C=C/C=C(/c1ccsc1)c1nc(-c2[nH]nc3ncc(-c4ccccn4)cc23)[nH]c1C. The summed E-state index contributed by atoms with van der Waals surface area (Å²) in [6.45, 7) is 5.88. The Morgan fingerprint density at radius 2 is 2.13 bits per heavy atom. The highest BCUT2D eigenvalue weighted by molar-refractivity contribution is 7.08. The lowest BCUT2D eigenvalue weighted by molar-refractivity contribution is 1.08. The van der Waals surface area contributed by atoms with Gasteiger partial charge in [0.15, 0.2) is 11.5 Å². The first-order chi connectivity index (χ1) is 14.7. The molecule has 0 aromatic carbocycles. The number of aromatic nitrogens is 6. The predicted octanol–water partition coefficient (Wildman–Crippen LogP) is 5.40. The van der Waals surface area contributed by atoms with Crippen molar-refractivity contribution in [3.8, 4) is 22.8 Å². The first-order valence-electron chi connectivity index (χ1n) is 9.43. The number of pyridine rings is 2. The van der Waals surface area contributed by atoms with Crippen LogP contribution in [0.5, 0.6) is 0 Å². The number of thiophene rings is 1. The van der Waals surface area contributed by atoms with Crippen molar-refractivity contribution < 1.29 is 0 Å². The van der Waals surface area contributed by atoms with Crippen LogP contribution in [0.3, 0.4) is 0 Å². The topological polar surface area (TPSA) is 83.1 Å². The number of aryl methyl sites for hydroxylation is 1. The second-order valence-corrected chi connectivity index (χ2v) is 7.58. The van der Waals surface area contributed by atoms with Crippen LogP contribution in [0.25, 0.3) is 39.4 Å². The Bertz CT molecular complexity index is 1360. The zero-order valence-electron chi connectivity index (χ0n) is 16.3. The first kappa shape index (κ1) is 18.2. The van der Waals surface area contributed by atoms with Crippen LogP contribution in [-0.2, 0) is 0 Å². The van der Waals surface area contributed by atoms with E-state index in [1.165, 1.54) is 0 Å². The molecule has 0 bridgehead atoms. The van der Waals surface area contributed by atoms with E-state index in [0.29, 0.717) is 5.65 Å². The average Bonchev–Trinajstić information content (AvgIpc) is 3.52. The van der Waals surface area contributed by atoms with E-state index in [-0.39, 0.29) is 0 Å². The van der Waals surface area contributed by atoms with Crippen LogP contribution in [0, 0.1) is 6.92 Å². The maximum atomic E-state index is 4.90. The van der Waals surface area contributed by atoms with Crippen LogP contribution < -0.4 is 0 Å². The highest BCUT2D eigenvalue weighted by Crippen LogP contribution is 2.31. The molecule has 0 fully saturated rings. The van der Waals surface area contributed by atoms with Crippen LogP contribution in [0.2, 0.25) is 0 Å². The van der Waals surface area contributed by atoms with Crippen molar-refractivity contribution in [2.24, 2.45) is 0 Å². The van der Waals surface area contributed by atoms with E-state index in [0.717, 1.165) is 50.7 Å². The molecule has 5 heterocycles. The van der Waals surface area contributed by atoms with Crippen molar-refractivity contribution >= 4 is 27.9 Å². The van der Waals surface area contributed by atoms with Crippen LogP contribution in [0.1, 0.15) is 17.0 Å². The van der Waals surface area contributed by atoms with E-state index in [1.54, 1.807) is 29.8 Å². The molecule has 30 heavy (non-hydrogen) atoms. The fourth-order valence-electron chi connectivity index (χ4n) is 3.44. The summed E-state index contributed by atoms with van der Waals surface area (Å²) in [5.41, 5.74) is 7.24. The average molecular weight is 411 g/mol. The Morgan fingerprint density at radius 3 is 2.90 bits per heavy atom. The smallest absolute Gasteiger partial charge is 0.181 e. The van der Waals surface area contributed by atoms with Gasteiger partial charge in [-0.2, -0.15) is 16.4 Å². The van der Waals surface area contributed by atoms with Gasteiger partial charge < -0.3 is 4.98 Å². The Labute approximate surface area is 177 Å². The quantitative estimate of drug-likeness (QED) is 0.380. The molecule has 0 saturated heterocycles. The van der Waals surface area contributed by atoms with Gasteiger partial charge in [-0.3, -0.25) is 10.1 Å². The minimum absolute atomic E-state index is 0.639. The van der Waals surface area contributed by atoms with Gasteiger partial charge in [0.25, 0.3) is 0 Å². The molecule has 0 aliphatic heterocycles. The van der Waals surface area contributed by atoms with Gasteiger partial charge in [0.2, 0.25) is 0 Å². The van der Waals surface area contributed by atoms with Gasteiger partial charge in [-0.05, 0) is 47.5 Å². The molecule has 0 saturated carbocycles. The number of aromatic amines is 2. The molecule has 0 amide bonds. The van der Waals surface area contributed by atoms with E-state index < -0.39 is 0 Å². The number of fused-ring (bicyclic) bond motifs is 1. The minimum atomic E-state index is 0.639. The Morgan fingerprint density at radius 1 is 1.20 bits per heavy atom. The lowest BCUT2D eigenvalue weighted by Crippen LogP contribution is -1.89. The predicted molar refractivity (Wildman–Crippen MR) is 121 cm³/mol. The van der Waals surface area contributed by atoms with Crippen molar-refractivity contribution in [3.63, 3.8) is 0 Å². The third-order valence-electron chi connectivity index (χ3n) is 4.86. The normalized spacial score (nSPS) is 11.8. The van der Waals surface area contributed by atoms with E-state index in [9.17, 15) is 0 Å². The Balaban J connectivity index is 1.62. The summed E-state index contributed by atoms with van der Waals surface area (Å²) >= 11 is 1.66. The van der Waals surface area contributed by atoms with Crippen LogP contribution in [0.15, 0.2) is 72.2 Å². The van der Waals surface area contributed by atoms with Gasteiger partial charge in [-0.15, -0.1) is 0 Å². The minimum Gasteiger partial charge on any atom is -0.340 e. The molecule has 0 atom stereocenters. The van der Waals surface area contributed by atoms with Gasteiger partial charge in [-0.1, -0.05) is 24.8 Å². The molecule has 0 aliphatic carbocycles. The molecule has 0 spiro atoms. The molecule has 5 aromatic heterocycles. The lowest BCUT2D eigenvalue weighted by Gasteiger charge is -2.02. The molecule has 0 radical (unpaired) electrons. The Kier molecular flexibility index (Phi) is 4.57. The van der Waals surface area contributed by atoms with Crippen molar-refractivity contribution in [3.05, 3.63) is 89.2 Å². The summed E-state index contributed by atoms with van der Waals surface area (Å²) in [6.07, 6.45) is 7.34. The summed E-state index contributed by atoms with van der Waals surface area (Å²) in [5, 5.41) is 12.5. The molecule has 0 unspecified atom stereocenters. The lowest BCUT2D eigenvalue weighted by atomic mass is 10.0. The largest absolute Gasteiger partial charge is 0.340 e. The number of allylic oxidation sites excluding steroid dienone is 2. The summed E-state index contributed by atoms with van der Waals surface area (Å²) in [5.74, 6) is 0.718. The number of hydrogen-bond donors (Lipinski definition) is 2. The van der Waals surface area contributed by atoms with Crippen LogP contribution in [-0.4, -0.2) is 30.1 Å². The first-order valence-corrected chi connectivity index (χ1v) is 10.4. The zero-order chi connectivity index (χ0) is 20.5. The molecule has 5 aromatic rings. The molecule has 0 aliphatic rings. The van der Waals surface area contributed by atoms with Gasteiger partial charge >= 0.3 is 0 Å². The van der Waals surface area contributed by atoms with E-state index in [2.05, 4.69) is 48.6 Å². The zero-order valence-corrected chi connectivity index (χ0v) is 17.1. The molecule has 2 N–H and O–H groups in total. The third-order valence-corrected chi connectivity index (χ3v) is 5.55. The van der Waals surface area contributed by atoms with Crippen LogP contribution >= 0.6 is 11.3 Å². The van der Waals surface area contributed by atoms with Crippen molar-refractivity contribution in [1.29, 1.82) is 0 Å². The summed E-state index contributed by atoms with van der Waals surface area (Å²) in [7, 11) is 0. The molecular formula is C23H18N6S. The molecule has 5 rings (SSSR count). The highest BCUT2D eigenvalue weighted by Gasteiger charge is 2.18. The third kappa shape index (κ3) is 3.15. The van der Waals surface area contributed by atoms with Gasteiger partial charge in [-0.25, -0.2) is 9.97 Å². The maximum Gasteiger partial charge on any atom is 0.181 e. The number of H-pyrrole nitrogens is 2. The van der Waals surface area contributed by atoms with Gasteiger partial charge in [0.05, 0.1) is 16.8 Å². The maximum absolute atomic E-state index is 4.90. The van der Waals surface area contributed by atoms with Crippen molar-refractivity contribution in [1.82, 2.24) is 30.1 Å². The number of nitrogens with one attached hydrogen (secondary N) is 2. The second kappa shape index (κ2) is 7.53. The summed E-state index contributed by atoms with van der Waals surface area (Å²) in [4.78, 5) is 17.2. The van der Waals surface area contributed by atoms with Gasteiger partial charge in [0.1, 0.15) is 5.69 Å². The Hall–Kier alpha value is -3.84. The van der Waals surface area contributed by atoms with E-state index in [4.69, 9.17) is 4.98 Å². The van der Waals surface area contributed by atoms with Gasteiger partial charge in [0, 0.05) is 29.2 Å². The van der Waals surface area contributed by atoms with Crippen molar-refractivity contribution in [2.45, 2.75) is 6.92 Å². The number of rotatable bonds is 5. The monoisotopic (exact) mass is 410 g/mol. The summed E-state index contributed by atoms with van der Waals surface area (Å²) < 4.78 is 0. The fourth-order valence-corrected chi connectivity index (χ4v) is 4.10. The van der Waals surface area contributed by atoms with Crippen LogP contribution in [0.4, 0.5) is 0 Å². The number of imidazole rings is 1. The van der Waals surface area contributed by atoms with Crippen molar-refractivity contribution in [2.75, 3.05) is 0 Å². The summed E-state index contributed by atoms with van der Waals surface area (Å²) in [6, 6.07) is 9.95. The van der Waals surface area contributed by atoms with E-state index in [1.807, 2.05) is 37.3 Å². The molecule has 6 nitrogen and oxygen atoms in total. The highest BCUT2D eigenvalue weighted by atomic mass is 32.1. The number of hydrogen-bond acceptors (Lipinski definition) is 5. The number of nitrogens with zero attached hydrogens (tertiary/aromatic N) is 4. The second-order valence-electron chi connectivity index (χ2n) is 6.80.